The summed E-state index contributed by atoms with van der Waals surface area (Å²) < 4.78 is 5.50. The molecule has 0 atom stereocenters. The van der Waals surface area contributed by atoms with Gasteiger partial charge in [0.05, 0.1) is 22.1 Å². The lowest BCUT2D eigenvalue weighted by molar-refractivity contribution is -0.394. The minimum absolute atomic E-state index is 0.118. The summed E-state index contributed by atoms with van der Waals surface area (Å²) in [7, 11) is 0. The first kappa shape index (κ1) is 22.1. The fraction of sp³-hybridized carbons (Fsp3) is 0.0909. The molecule has 0 fully saturated rings. The van der Waals surface area contributed by atoms with Crippen molar-refractivity contribution in [2.45, 2.75) is 12.8 Å². The molecule has 0 bridgehead atoms. The largest absolute Gasteiger partial charge is 0.450 e. The summed E-state index contributed by atoms with van der Waals surface area (Å²) in [5.41, 5.74) is 3.28. The van der Waals surface area contributed by atoms with Crippen LogP contribution in [0.15, 0.2) is 77.9 Å². The normalized spacial score (nSPS) is 10.6. The van der Waals surface area contributed by atoms with Gasteiger partial charge in [-0.2, -0.15) is 5.10 Å². The summed E-state index contributed by atoms with van der Waals surface area (Å²) in [6, 6.07) is 19.2. The molecular weight excluding hydrogens is 416 g/mol. The maximum atomic E-state index is 11.9. The molecule has 1 N–H and O–H groups in total. The van der Waals surface area contributed by atoms with Crippen LogP contribution in [0.5, 0.6) is 11.5 Å². The highest BCUT2D eigenvalue weighted by atomic mass is 16.6. The Balaban J connectivity index is 1.56. The number of carbonyl (C=O) groups is 1. The Morgan fingerprint density at radius 3 is 2.34 bits per heavy atom. The molecule has 3 rings (SSSR count). The number of aryl methyl sites for hydroxylation is 1. The second-order valence-corrected chi connectivity index (χ2v) is 6.62. The zero-order valence-electron chi connectivity index (χ0n) is 16.7. The highest BCUT2D eigenvalue weighted by Gasteiger charge is 2.21. The van der Waals surface area contributed by atoms with Crippen molar-refractivity contribution in [2.75, 3.05) is 0 Å². The molecular formula is C22H18N4O6. The quantitative estimate of drug-likeness (QED) is 0.301. The fourth-order valence-corrected chi connectivity index (χ4v) is 2.73. The minimum atomic E-state index is -0.746. The van der Waals surface area contributed by atoms with E-state index in [0.29, 0.717) is 24.2 Å². The average Bonchev–Trinajstić information content (AvgIpc) is 2.79. The van der Waals surface area contributed by atoms with E-state index in [2.05, 4.69) is 10.5 Å². The molecule has 0 radical (unpaired) electrons. The maximum Gasteiger partial charge on any atom is 0.318 e. The Hall–Kier alpha value is -4.60. The van der Waals surface area contributed by atoms with E-state index in [-0.39, 0.29) is 11.7 Å². The van der Waals surface area contributed by atoms with Crippen molar-refractivity contribution in [1.82, 2.24) is 5.43 Å². The second kappa shape index (κ2) is 10.4. The number of nitrogens with zero attached hydrogens (tertiary/aromatic N) is 3. The third kappa shape index (κ3) is 6.20. The maximum absolute atomic E-state index is 11.9. The van der Waals surface area contributed by atoms with Crippen LogP contribution in [-0.2, 0) is 11.2 Å². The predicted molar refractivity (Wildman–Crippen MR) is 117 cm³/mol. The summed E-state index contributed by atoms with van der Waals surface area (Å²) in [6.45, 7) is 0. The van der Waals surface area contributed by atoms with Crippen molar-refractivity contribution < 1.29 is 19.4 Å². The number of hydrogen-bond acceptors (Lipinski definition) is 7. The van der Waals surface area contributed by atoms with Gasteiger partial charge >= 0.3 is 5.69 Å². The van der Waals surface area contributed by atoms with Crippen LogP contribution in [0.25, 0.3) is 0 Å². The summed E-state index contributed by atoms with van der Waals surface area (Å²) in [5, 5.41) is 25.9. The molecule has 0 aliphatic carbocycles. The Morgan fingerprint density at radius 1 is 0.969 bits per heavy atom. The van der Waals surface area contributed by atoms with E-state index in [0.717, 1.165) is 17.7 Å². The lowest BCUT2D eigenvalue weighted by Crippen LogP contribution is -2.17. The molecule has 0 aliphatic heterocycles. The van der Waals surface area contributed by atoms with Crippen molar-refractivity contribution in [2.24, 2.45) is 5.10 Å². The number of hydrogen-bond donors (Lipinski definition) is 1. The van der Waals surface area contributed by atoms with Gasteiger partial charge in [0, 0.05) is 12.5 Å². The van der Waals surface area contributed by atoms with Crippen LogP contribution >= 0.6 is 0 Å². The number of ether oxygens (including phenoxy) is 1. The molecule has 32 heavy (non-hydrogen) atoms. The van der Waals surface area contributed by atoms with Gasteiger partial charge in [-0.05, 0) is 47.9 Å². The smallest absolute Gasteiger partial charge is 0.318 e. The summed E-state index contributed by atoms with van der Waals surface area (Å²) in [4.78, 5) is 32.4. The molecule has 0 heterocycles. The van der Waals surface area contributed by atoms with E-state index in [4.69, 9.17) is 4.74 Å². The number of carbonyl (C=O) groups excluding carboxylic acids is 1. The van der Waals surface area contributed by atoms with E-state index in [1.807, 2.05) is 30.3 Å². The number of nitrogens with one attached hydrogen (secondary N) is 1. The molecule has 0 spiro atoms. The Labute approximate surface area is 182 Å². The van der Waals surface area contributed by atoms with E-state index >= 15 is 0 Å². The van der Waals surface area contributed by atoms with Gasteiger partial charge in [-0.15, -0.1) is 0 Å². The van der Waals surface area contributed by atoms with Gasteiger partial charge in [0.2, 0.25) is 11.7 Å². The standard InChI is InChI=1S/C22H18N4O6/c27-22(13-8-16-4-2-1-3-5-16)24-23-15-17-6-10-19(11-7-17)32-21-12-9-18(25(28)29)14-20(21)26(30)31/h1-7,9-12,14-15H,8,13H2,(H,24,27)/b23-15-. The van der Waals surface area contributed by atoms with E-state index in [1.165, 1.54) is 12.3 Å². The number of nitro groups is 2. The highest BCUT2D eigenvalue weighted by molar-refractivity contribution is 5.82. The topological polar surface area (TPSA) is 137 Å². The van der Waals surface area contributed by atoms with Gasteiger partial charge in [-0.25, -0.2) is 5.43 Å². The lowest BCUT2D eigenvalue weighted by Gasteiger charge is -2.06. The van der Waals surface area contributed by atoms with Crippen molar-refractivity contribution in [3.8, 4) is 11.5 Å². The summed E-state index contributed by atoms with van der Waals surface area (Å²) in [6.07, 6.45) is 2.38. The first-order valence-electron chi connectivity index (χ1n) is 9.49. The number of rotatable bonds is 9. The number of hydrazone groups is 1. The van der Waals surface area contributed by atoms with Crippen LogP contribution in [-0.4, -0.2) is 22.0 Å². The number of non-ortho nitro benzene ring substituents is 1. The first-order chi connectivity index (χ1) is 15.4. The van der Waals surface area contributed by atoms with Crippen LogP contribution in [0.4, 0.5) is 11.4 Å². The summed E-state index contributed by atoms with van der Waals surface area (Å²) >= 11 is 0. The van der Waals surface area contributed by atoms with E-state index < -0.39 is 21.2 Å². The van der Waals surface area contributed by atoms with Crippen molar-refractivity contribution in [3.05, 3.63) is 104 Å². The fourth-order valence-electron chi connectivity index (χ4n) is 2.73. The molecule has 10 heteroatoms. The van der Waals surface area contributed by atoms with Crippen LogP contribution in [0, 0.1) is 20.2 Å². The molecule has 10 nitrogen and oxygen atoms in total. The van der Waals surface area contributed by atoms with Crippen LogP contribution in [0.1, 0.15) is 17.5 Å². The number of benzene rings is 3. The molecule has 3 aromatic carbocycles. The zero-order chi connectivity index (χ0) is 22.9. The van der Waals surface area contributed by atoms with E-state index in [9.17, 15) is 25.0 Å². The van der Waals surface area contributed by atoms with Crippen LogP contribution in [0.2, 0.25) is 0 Å². The molecule has 0 saturated carbocycles. The zero-order valence-corrected chi connectivity index (χ0v) is 16.7. The van der Waals surface area contributed by atoms with Gasteiger partial charge in [0.25, 0.3) is 5.69 Å². The minimum Gasteiger partial charge on any atom is -0.450 e. The second-order valence-electron chi connectivity index (χ2n) is 6.62. The SMILES string of the molecule is O=C(CCc1ccccc1)N/N=C\c1ccc(Oc2ccc([N+](=O)[O-])cc2[N+](=O)[O-])cc1. The first-order valence-corrected chi connectivity index (χ1v) is 9.49. The number of nitro benzene ring substituents is 2. The Bertz CT molecular complexity index is 1150. The third-order valence-electron chi connectivity index (χ3n) is 4.34. The van der Waals surface area contributed by atoms with Crippen molar-refractivity contribution in [1.29, 1.82) is 0 Å². The van der Waals surface area contributed by atoms with Crippen molar-refractivity contribution in [3.63, 3.8) is 0 Å². The van der Waals surface area contributed by atoms with Gasteiger partial charge in [0.15, 0.2) is 0 Å². The van der Waals surface area contributed by atoms with Gasteiger partial charge < -0.3 is 4.74 Å². The van der Waals surface area contributed by atoms with Crippen LogP contribution < -0.4 is 10.2 Å². The average molecular weight is 434 g/mol. The van der Waals surface area contributed by atoms with Gasteiger partial charge in [0.1, 0.15) is 5.75 Å². The monoisotopic (exact) mass is 434 g/mol. The van der Waals surface area contributed by atoms with Gasteiger partial charge in [-0.1, -0.05) is 30.3 Å². The molecule has 0 unspecified atom stereocenters. The molecule has 1 amide bonds. The number of amides is 1. The molecule has 3 aromatic rings. The highest BCUT2D eigenvalue weighted by Crippen LogP contribution is 2.34. The predicted octanol–water partition coefficient (Wildman–Crippen LogP) is 4.38. The van der Waals surface area contributed by atoms with Gasteiger partial charge in [-0.3, -0.25) is 25.0 Å². The lowest BCUT2D eigenvalue weighted by atomic mass is 10.1. The molecule has 0 aliphatic rings. The third-order valence-corrected chi connectivity index (χ3v) is 4.34. The Morgan fingerprint density at radius 2 is 1.69 bits per heavy atom. The van der Waals surface area contributed by atoms with Crippen LogP contribution in [0.3, 0.4) is 0 Å². The summed E-state index contributed by atoms with van der Waals surface area (Å²) in [5.74, 6) is -0.0331. The molecule has 162 valence electrons. The molecule has 0 saturated heterocycles. The molecule has 0 aromatic heterocycles. The van der Waals surface area contributed by atoms with Crippen molar-refractivity contribution >= 4 is 23.5 Å². The van der Waals surface area contributed by atoms with E-state index in [1.54, 1.807) is 24.3 Å². The Kier molecular flexibility index (Phi) is 7.20.